The molecule has 0 saturated carbocycles. The smallest absolute Gasteiger partial charge is 0.166 e. The van der Waals surface area contributed by atoms with Crippen LogP contribution in [0.5, 0.6) is 5.75 Å². The van der Waals surface area contributed by atoms with Crippen molar-refractivity contribution in [1.82, 2.24) is 15.0 Å². The molecule has 0 spiro atoms. The molecule has 5 rings (SSSR count). The third-order valence-corrected chi connectivity index (χ3v) is 5.73. The molecule has 1 aliphatic carbocycles. The Bertz CT molecular complexity index is 1330. The van der Waals surface area contributed by atoms with E-state index in [1.165, 1.54) is 6.07 Å². The molecule has 1 aliphatic rings. The minimum Gasteiger partial charge on any atom is -0.493 e. The number of halogens is 2. The second-order valence-corrected chi connectivity index (χ2v) is 7.74. The number of aromatic nitrogens is 3. The van der Waals surface area contributed by atoms with Crippen molar-refractivity contribution >= 4 is 39.8 Å². The molecule has 0 fully saturated rings. The Morgan fingerprint density at radius 2 is 2.10 bits per heavy atom. The number of ether oxygens (including phenoxy) is 1. The summed E-state index contributed by atoms with van der Waals surface area (Å²) >= 11 is 6.30. The molecule has 6 nitrogen and oxygen atoms in total. The fraction of sp³-hybridized carbons (Fsp3) is 0.174. The fourth-order valence-electron chi connectivity index (χ4n) is 4.08. The van der Waals surface area contributed by atoms with Crippen molar-refractivity contribution in [1.29, 1.82) is 0 Å². The van der Waals surface area contributed by atoms with Gasteiger partial charge in [-0.25, -0.2) is 4.39 Å². The van der Waals surface area contributed by atoms with E-state index >= 15 is 0 Å². The molecular formula is C23H18ClFN4O2. The zero-order valence-corrected chi connectivity index (χ0v) is 17.4. The van der Waals surface area contributed by atoms with E-state index in [0.717, 1.165) is 30.3 Å². The highest BCUT2D eigenvalue weighted by Gasteiger charge is 2.28. The molecule has 4 aromatic rings. The number of hydrogen-bond donors (Lipinski definition) is 2. The number of H-pyrrole nitrogens is 1. The summed E-state index contributed by atoms with van der Waals surface area (Å²) in [6, 6.07) is 8.51. The molecule has 3 aromatic heterocycles. The molecule has 3 heterocycles. The van der Waals surface area contributed by atoms with Crippen LogP contribution in [0.2, 0.25) is 5.02 Å². The van der Waals surface area contributed by atoms with Gasteiger partial charge < -0.3 is 15.0 Å². The van der Waals surface area contributed by atoms with Crippen molar-refractivity contribution in [2.75, 3.05) is 12.4 Å². The zero-order chi connectivity index (χ0) is 21.5. The Balaban J connectivity index is 1.75. The number of ketones is 1. The van der Waals surface area contributed by atoms with Crippen LogP contribution in [0.25, 0.3) is 22.3 Å². The van der Waals surface area contributed by atoms with E-state index < -0.39 is 5.82 Å². The SMILES string of the molecule is COc1c(Cl)cccc1Nc1c(-c2ccnc3cc(F)cnc23)[nH]c2c1C(=O)CCC2. The molecule has 0 unspecified atom stereocenters. The molecule has 0 aliphatic heterocycles. The first-order chi connectivity index (χ1) is 15.1. The number of nitrogens with zero attached hydrogens (tertiary/aromatic N) is 2. The van der Waals surface area contributed by atoms with Gasteiger partial charge in [0.15, 0.2) is 11.5 Å². The molecule has 31 heavy (non-hydrogen) atoms. The van der Waals surface area contributed by atoms with E-state index in [9.17, 15) is 9.18 Å². The van der Waals surface area contributed by atoms with Crippen molar-refractivity contribution in [2.45, 2.75) is 19.3 Å². The number of pyridine rings is 2. The number of Topliss-reactive ketones (excluding diaryl/α,β-unsaturated/α-hetero) is 1. The van der Waals surface area contributed by atoms with Crippen LogP contribution in [0.15, 0.2) is 42.7 Å². The third-order valence-electron chi connectivity index (χ3n) is 5.43. The van der Waals surface area contributed by atoms with Crippen LogP contribution in [0.3, 0.4) is 0 Å². The van der Waals surface area contributed by atoms with Gasteiger partial charge in [-0.2, -0.15) is 0 Å². The summed E-state index contributed by atoms with van der Waals surface area (Å²) < 4.78 is 19.2. The predicted molar refractivity (Wildman–Crippen MR) is 118 cm³/mol. The number of carbonyl (C=O) groups excluding carboxylic acids is 1. The molecule has 156 valence electrons. The fourth-order valence-corrected chi connectivity index (χ4v) is 4.33. The average Bonchev–Trinajstić information content (AvgIpc) is 3.12. The topological polar surface area (TPSA) is 79.9 Å². The second kappa shape index (κ2) is 7.67. The minimum absolute atomic E-state index is 0.0598. The summed E-state index contributed by atoms with van der Waals surface area (Å²) in [5.74, 6) is 0.0813. The summed E-state index contributed by atoms with van der Waals surface area (Å²) in [5.41, 5.74) is 5.12. The Morgan fingerprint density at radius 3 is 2.94 bits per heavy atom. The lowest BCUT2D eigenvalue weighted by Crippen LogP contribution is -2.11. The number of para-hydroxylation sites is 1. The highest BCUT2D eigenvalue weighted by Crippen LogP contribution is 2.43. The van der Waals surface area contributed by atoms with E-state index in [4.69, 9.17) is 16.3 Å². The van der Waals surface area contributed by atoms with Gasteiger partial charge in [-0.05, 0) is 31.0 Å². The van der Waals surface area contributed by atoms with Crippen LogP contribution in [0, 0.1) is 5.82 Å². The molecule has 8 heteroatoms. The Hall–Kier alpha value is -3.45. The highest BCUT2D eigenvalue weighted by atomic mass is 35.5. The number of hydrogen-bond acceptors (Lipinski definition) is 5. The Kier molecular flexibility index (Phi) is 4.82. The van der Waals surface area contributed by atoms with Gasteiger partial charge in [0.2, 0.25) is 0 Å². The molecule has 0 bridgehead atoms. The molecule has 0 atom stereocenters. The number of aromatic amines is 1. The maximum atomic E-state index is 13.7. The molecule has 0 radical (unpaired) electrons. The van der Waals surface area contributed by atoms with E-state index in [-0.39, 0.29) is 5.78 Å². The normalized spacial score (nSPS) is 13.3. The quantitative estimate of drug-likeness (QED) is 0.429. The van der Waals surface area contributed by atoms with Gasteiger partial charge in [-0.15, -0.1) is 0 Å². The van der Waals surface area contributed by atoms with Gasteiger partial charge in [0.1, 0.15) is 5.82 Å². The predicted octanol–water partition coefficient (Wildman–Crippen LogP) is 5.69. The number of nitrogens with one attached hydrogen (secondary N) is 2. The van der Waals surface area contributed by atoms with Gasteiger partial charge in [-0.3, -0.25) is 14.8 Å². The highest BCUT2D eigenvalue weighted by molar-refractivity contribution is 6.32. The molecule has 0 amide bonds. The number of fused-ring (bicyclic) bond motifs is 2. The standard InChI is InChI=1S/C23H18ClFN4O2/c1-31-23-14(24)4-2-6-16(23)29-22-19-15(5-3-7-18(19)30)28-21(22)13-8-9-26-17-10-12(25)11-27-20(13)17/h2,4,6,8-11,28-29H,3,5,7H2,1H3. The van der Waals surface area contributed by atoms with Crippen LogP contribution in [-0.4, -0.2) is 27.8 Å². The van der Waals surface area contributed by atoms with Crippen molar-refractivity contribution in [2.24, 2.45) is 0 Å². The third kappa shape index (κ3) is 3.31. The van der Waals surface area contributed by atoms with Gasteiger partial charge in [-0.1, -0.05) is 17.7 Å². The summed E-state index contributed by atoms with van der Waals surface area (Å²) in [7, 11) is 1.54. The van der Waals surface area contributed by atoms with E-state index in [1.54, 1.807) is 31.5 Å². The van der Waals surface area contributed by atoms with Crippen molar-refractivity contribution in [3.05, 3.63) is 64.8 Å². The van der Waals surface area contributed by atoms with E-state index in [2.05, 4.69) is 20.3 Å². The first-order valence-electron chi connectivity index (χ1n) is 9.85. The number of aryl methyl sites for hydroxylation is 1. The summed E-state index contributed by atoms with van der Waals surface area (Å²) in [6.45, 7) is 0. The maximum absolute atomic E-state index is 13.7. The number of rotatable bonds is 4. The van der Waals surface area contributed by atoms with Crippen LogP contribution in [-0.2, 0) is 6.42 Å². The first kappa shape index (κ1) is 19.5. The molecule has 1 aromatic carbocycles. The number of anilines is 2. The van der Waals surface area contributed by atoms with E-state index in [1.807, 2.05) is 6.07 Å². The Labute approximate surface area is 182 Å². The lowest BCUT2D eigenvalue weighted by molar-refractivity contribution is 0.0973. The lowest BCUT2D eigenvalue weighted by atomic mass is 9.94. The number of methoxy groups -OCH3 is 1. The first-order valence-corrected chi connectivity index (χ1v) is 10.2. The monoisotopic (exact) mass is 436 g/mol. The molecule has 2 N–H and O–H groups in total. The number of benzene rings is 1. The lowest BCUT2D eigenvalue weighted by Gasteiger charge is -2.16. The van der Waals surface area contributed by atoms with Crippen molar-refractivity contribution in [3.63, 3.8) is 0 Å². The van der Waals surface area contributed by atoms with E-state index in [0.29, 0.717) is 50.9 Å². The van der Waals surface area contributed by atoms with Crippen LogP contribution in [0.4, 0.5) is 15.8 Å². The summed E-state index contributed by atoms with van der Waals surface area (Å²) in [6.07, 6.45) is 4.78. The van der Waals surface area contributed by atoms with Crippen molar-refractivity contribution in [3.8, 4) is 17.0 Å². The van der Waals surface area contributed by atoms with Gasteiger partial charge >= 0.3 is 0 Å². The van der Waals surface area contributed by atoms with Gasteiger partial charge in [0.25, 0.3) is 0 Å². The Morgan fingerprint density at radius 1 is 1.23 bits per heavy atom. The summed E-state index contributed by atoms with van der Waals surface area (Å²) in [5, 5.41) is 3.82. The molecular weight excluding hydrogens is 419 g/mol. The van der Waals surface area contributed by atoms with Crippen molar-refractivity contribution < 1.29 is 13.9 Å². The second-order valence-electron chi connectivity index (χ2n) is 7.33. The van der Waals surface area contributed by atoms with Crippen LogP contribution in [0.1, 0.15) is 28.9 Å². The zero-order valence-electron chi connectivity index (χ0n) is 16.6. The minimum atomic E-state index is -0.458. The number of carbonyl (C=O) groups is 1. The largest absolute Gasteiger partial charge is 0.493 e. The van der Waals surface area contributed by atoms with Gasteiger partial charge in [0, 0.05) is 29.9 Å². The average molecular weight is 437 g/mol. The van der Waals surface area contributed by atoms with Crippen LogP contribution >= 0.6 is 11.6 Å². The van der Waals surface area contributed by atoms with Gasteiger partial charge in [0.05, 0.1) is 52.0 Å². The molecule has 0 saturated heterocycles. The van der Waals surface area contributed by atoms with Crippen LogP contribution < -0.4 is 10.1 Å². The maximum Gasteiger partial charge on any atom is 0.166 e. The summed E-state index contributed by atoms with van der Waals surface area (Å²) in [4.78, 5) is 24.8.